The van der Waals surface area contributed by atoms with Crippen LogP contribution in [0.25, 0.3) is 0 Å². The van der Waals surface area contributed by atoms with Gasteiger partial charge in [-0.2, -0.15) is 4.39 Å². The van der Waals surface area contributed by atoms with Crippen LogP contribution in [0.15, 0.2) is 0 Å². The number of hydrogen-bond donors (Lipinski definition) is 0. The molecule has 1 atom stereocenters. The van der Waals surface area contributed by atoms with Crippen LogP contribution < -0.4 is 20.4 Å². The second-order valence-electron chi connectivity index (χ2n) is 9.85. The largest absolute Gasteiger partial charge is 0.425 e. The highest BCUT2D eigenvalue weighted by Gasteiger charge is 2.29. The predicted molar refractivity (Wildman–Crippen MR) is 146 cm³/mol. The lowest BCUT2D eigenvalue weighted by molar-refractivity contribution is -0.150. The van der Waals surface area contributed by atoms with E-state index >= 15 is 0 Å². The minimum absolute atomic E-state index is 0.240. The van der Waals surface area contributed by atoms with Gasteiger partial charge in [-0.3, -0.25) is 4.79 Å². The summed E-state index contributed by atoms with van der Waals surface area (Å²) in [4.78, 5) is 39.2. The Kier molecular flexibility index (Phi) is 11.4. The monoisotopic (exact) mass is 601 g/mol. The molecule has 2 aromatic rings. The molecule has 4 radical (unpaired) electrons. The molecule has 0 fully saturated rings. The molecule has 0 N–H and O–H groups in total. The molecular formula is C29H26B2F5NO6. The van der Waals surface area contributed by atoms with Gasteiger partial charge in [0.25, 0.3) is 0 Å². The molecule has 1 amide bonds. The lowest BCUT2D eigenvalue weighted by Crippen LogP contribution is -2.44. The number of amides is 1. The molecule has 14 heteroatoms. The highest BCUT2D eigenvalue weighted by atomic mass is 19.2. The average molecular weight is 601 g/mol. The fraction of sp³-hybridized carbons (Fsp3) is 0.414. The third kappa shape index (κ3) is 7.96. The van der Waals surface area contributed by atoms with Gasteiger partial charge in [0.05, 0.1) is 0 Å². The van der Waals surface area contributed by atoms with Gasteiger partial charge >= 0.3 is 11.9 Å². The summed E-state index contributed by atoms with van der Waals surface area (Å²) >= 11 is 0. The molecule has 0 aliphatic heterocycles. The summed E-state index contributed by atoms with van der Waals surface area (Å²) < 4.78 is 85.2. The first-order valence-corrected chi connectivity index (χ1v) is 13.2. The number of halogens is 5. The molecule has 0 heterocycles. The molecule has 0 aromatic heterocycles. The fourth-order valence-electron chi connectivity index (χ4n) is 4.18. The Morgan fingerprint density at radius 3 is 2.00 bits per heavy atom. The number of hydrogen-bond acceptors (Lipinski definition) is 6. The molecule has 0 saturated heterocycles. The minimum atomic E-state index is -2.28. The van der Waals surface area contributed by atoms with E-state index in [1.54, 1.807) is 6.92 Å². The van der Waals surface area contributed by atoms with Gasteiger partial charge in [-0.05, 0) is 67.6 Å². The number of benzene rings is 2. The van der Waals surface area contributed by atoms with Crippen LogP contribution in [0.2, 0.25) is 0 Å². The van der Waals surface area contributed by atoms with Gasteiger partial charge in [-0.15, -0.1) is 5.92 Å². The van der Waals surface area contributed by atoms with Crippen LogP contribution in [-0.2, 0) is 19.1 Å². The zero-order valence-corrected chi connectivity index (χ0v) is 23.7. The van der Waals surface area contributed by atoms with Crippen LogP contribution in [-0.4, -0.2) is 64.2 Å². The number of esters is 2. The van der Waals surface area contributed by atoms with E-state index in [2.05, 4.69) is 16.6 Å². The molecule has 43 heavy (non-hydrogen) atoms. The maximum Gasteiger partial charge on any atom is 0.331 e. The summed E-state index contributed by atoms with van der Waals surface area (Å²) in [7, 11) is 11.0. The van der Waals surface area contributed by atoms with Crippen LogP contribution in [0.4, 0.5) is 22.0 Å². The number of carbonyl (C=O) groups is 3. The summed E-state index contributed by atoms with van der Waals surface area (Å²) in [6, 6.07) is 0. The maximum absolute atomic E-state index is 14.5. The number of nitrogens with zero attached hydrogens (tertiary/aromatic N) is 1. The Morgan fingerprint density at radius 1 is 0.767 bits per heavy atom. The first-order chi connectivity index (χ1) is 20.2. The SMILES string of the molecule is [B]c1c(F)c(C)c(C)c(C)c1OC(=O)CN(CC(=O)Oc1c([B])c(F)c(F)c(F)c1F)C(=O)COC1C#CCCCCC1. The third-order valence-corrected chi connectivity index (χ3v) is 6.90. The van der Waals surface area contributed by atoms with Crippen molar-refractivity contribution >= 4 is 44.5 Å². The molecule has 0 bridgehead atoms. The van der Waals surface area contributed by atoms with E-state index in [-0.39, 0.29) is 11.3 Å². The van der Waals surface area contributed by atoms with Crippen molar-refractivity contribution in [3.05, 3.63) is 45.8 Å². The van der Waals surface area contributed by atoms with E-state index in [1.807, 2.05) is 0 Å². The number of carbonyl (C=O) groups excluding carboxylic acids is 3. The second kappa shape index (κ2) is 14.6. The molecule has 2 aromatic carbocycles. The smallest absolute Gasteiger partial charge is 0.331 e. The Bertz CT molecular complexity index is 1360. The Balaban J connectivity index is 1.83. The molecule has 224 valence electrons. The van der Waals surface area contributed by atoms with Gasteiger partial charge in [0.2, 0.25) is 17.5 Å². The quantitative estimate of drug-likeness (QED) is 0.0837. The Hall–Kier alpha value is -3.85. The van der Waals surface area contributed by atoms with Gasteiger partial charge in [0, 0.05) is 6.42 Å². The van der Waals surface area contributed by atoms with Crippen molar-refractivity contribution < 1.29 is 50.5 Å². The van der Waals surface area contributed by atoms with Crippen molar-refractivity contribution in [1.29, 1.82) is 0 Å². The highest BCUT2D eigenvalue weighted by molar-refractivity contribution is 6.35. The van der Waals surface area contributed by atoms with E-state index in [1.165, 1.54) is 13.8 Å². The molecule has 1 unspecified atom stereocenters. The van der Waals surface area contributed by atoms with Gasteiger partial charge < -0.3 is 19.1 Å². The van der Waals surface area contributed by atoms with Crippen molar-refractivity contribution in [2.45, 2.75) is 59.0 Å². The maximum atomic E-state index is 14.5. The minimum Gasteiger partial charge on any atom is -0.425 e. The van der Waals surface area contributed by atoms with Crippen LogP contribution in [0.5, 0.6) is 11.5 Å². The molecule has 0 saturated carbocycles. The van der Waals surface area contributed by atoms with E-state index in [4.69, 9.17) is 25.2 Å². The summed E-state index contributed by atoms with van der Waals surface area (Å²) in [6.07, 6.45) is 3.22. The van der Waals surface area contributed by atoms with Crippen molar-refractivity contribution in [2.75, 3.05) is 19.7 Å². The fourth-order valence-corrected chi connectivity index (χ4v) is 4.18. The molecule has 0 spiro atoms. The lowest BCUT2D eigenvalue weighted by atomic mass is 9.87. The van der Waals surface area contributed by atoms with Crippen LogP contribution in [0, 0.1) is 61.7 Å². The zero-order chi connectivity index (χ0) is 32.0. The molecule has 3 rings (SSSR count). The number of ether oxygens (including phenoxy) is 3. The van der Waals surface area contributed by atoms with Gasteiger partial charge in [-0.25, -0.2) is 27.2 Å². The normalized spacial score (nSPS) is 14.7. The second-order valence-corrected chi connectivity index (χ2v) is 9.85. The summed E-state index contributed by atoms with van der Waals surface area (Å²) in [5.74, 6) is -8.94. The third-order valence-electron chi connectivity index (χ3n) is 6.90. The average Bonchev–Trinajstić information content (AvgIpc) is 2.96. The predicted octanol–water partition coefficient (Wildman–Crippen LogP) is 2.59. The number of rotatable bonds is 9. The van der Waals surface area contributed by atoms with Gasteiger partial charge in [0.1, 0.15) is 53.1 Å². The topological polar surface area (TPSA) is 82.1 Å². The van der Waals surface area contributed by atoms with Gasteiger partial charge in [0.15, 0.2) is 17.4 Å². The van der Waals surface area contributed by atoms with Crippen LogP contribution in [0.3, 0.4) is 0 Å². The van der Waals surface area contributed by atoms with E-state index in [0.29, 0.717) is 28.9 Å². The molecule has 1 aliphatic rings. The highest BCUT2D eigenvalue weighted by Crippen LogP contribution is 2.25. The molecule has 1 aliphatic carbocycles. The first kappa shape index (κ1) is 33.6. The summed E-state index contributed by atoms with van der Waals surface area (Å²) in [6.45, 7) is 1.91. The van der Waals surface area contributed by atoms with E-state index in [0.717, 1.165) is 19.3 Å². The van der Waals surface area contributed by atoms with E-state index < -0.39 is 89.4 Å². The van der Waals surface area contributed by atoms with Crippen molar-refractivity contribution in [3.63, 3.8) is 0 Å². The standard InChI is InChI=1S/C29H26B2F5NO6/c1-14-15(2)23(32)21(30)28(16(14)3)42-19(39)11-37(18(38)13-41-17-9-7-5-4-6-8-10-17)12-20(40)43-29-22(31)24(33)25(34)26(35)27(29)36/h17H,4-7,9,11-13H2,1-3H3. The molecule has 7 nitrogen and oxygen atoms in total. The first-order valence-electron chi connectivity index (χ1n) is 13.2. The molecular weight excluding hydrogens is 575 g/mol. The summed E-state index contributed by atoms with van der Waals surface area (Å²) in [5.41, 5.74) is -0.749. The van der Waals surface area contributed by atoms with Crippen LogP contribution in [0.1, 0.15) is 48.8 Å². The lowest BCUT2D eigenvalue weighted by Gasteiger charge is -2.23. The van der Waals surface area contributed by atoms with Crippen molar-refractivity contribution in [1.82, 2.24) is 4.90 Å². The Labute approximate surface area is 247 Å². The Morgan fingerprint density at radius 2 is 1.35 bits per heavy atom. The summed E-state index contributed by atoms with van der Waals surface area (Å²) in [5, 5.41) is 0. The van der Waals surface area contributed by atoms with Crippen molar-refractivity contribution in [3.8, 4) is 23.3 Å². The zero-order valence-electron chi connectivity index (χ0n) is 23.7. The van der Waals surface area contributed by atoms with Crippen molar-refractivity contribution in [2.24, 2.45) is 0 Å². The van der Waals surface area contributed by atoms with Crippen LogP contribution >= 0.6 is 0 Å². The van der Waals surface area contributed by atoms with Gasteiger partial charge in [-0.1, -0.05) is 12.3 Å². The van der Waals surface area contributed by atoms with E-state index in [9.17, 15) is 36.3 Å².